The highest BCUT2D eigenvalue weighted by Crippen LogP contribution is 2.30. The van der Waals surface area contributed by atoms with Gasteiger partial charge in [-0.25, -0.2) is 4.98 Å². The van der Waals surface area contributed by atoms with Gasteiger partial charge < -0.3 is 10.4 Å². The minimum Gasteiger partial charge on any atom is -0.389 e. The number of nitrogens with zero attached hydrogens (tertiary/aromatic N) is 3. The van der Waals surface area contributed by atoms with E-state index in [9.17, 15) is 18.3 Å². The number of hydrogen-bond acceptors (Lipinski definition) is 5. The Morgan fingerprint density at radius 3 is 2.56 bits per heavy atom. The highest BCUT2D eigenvalue weighted by Gasteiger charge is 2.35. The number of aryl methyl sites for hydroxylation is 1. The van der Waals surface area contributed by atoms with Crippen molar-refractivity contribution in [1.29, 1.82) is 0 Å². The molecule has 2 N–H and O–H groups in total. The standard InChI is InChI=1S/C19H27F3N4O/c1-12(19(20,21)22)9-10-16-24-17(13-5-4-8-15(27)11-13)26-18(25-16)23-14-6-2-3-7-14/h11-12,14-15,27H,2-10H2,1H3,(H,23,24,25,26)/t12-,15?/m0/s1. The van der Waals surface area contributed by atoms with Crippen molar-refractivity contribution in [3.05, 3.63) is 17.7 Å². The molecule has 0 saturated heterocycles. The van der Waals surface area contributed by atoms with Crippen LogP contribution in [-0.2, 0) is 6.42 Å². The molecule has 2 aliphatic carbocycles. The molecule has 0 bridgehead atoms. The molecule has 1 saturated carbocycles. The summed E-state index contributed by atoms with van der Waals surface area (Å²) in [4.78, 5) is 13.3. The van der Waals surface area contributed by atoms with Crippen LogP contribution in [0.1, 0.15) is 69.9 Å². The minimum absolute atomic E-state index is 0.0580. The Morgan fingerprint density at radius 1 is 1.15 bits per heavy atom. The molecule has 1 unspecified atom stereocenters. The second kappa shape index (κ2) is 8.54. The van der Waals surface area contributed by atoms with Gasteiger partial charge in [0, 0.05) is 12.5 Å². The summed E-state index contributed by atoms with van der Waals surface area (Å²) in [6, 6.07) is 0.299. The first-order valence-electron chi connectivity index (χ1n) is 9.78. The van der Waals surface area contributed by atoms with Gasteiger partial charge in [-0.05, 0) is 50.2 Å². The summed E-state index contributed by atoms with van der Waals surface area (Å²) in [7, 11) is 0. The van der Waals surface area contributed by atoms with Gasteiger partial charge in [0.25, 0.3) is 0 Å². The van der Waals surface area contributed by atoms with E-state index in [1.807, 2.05) is 0 Å². The number of hydrogen-bond donors (Lipinski definition) is 2. The van der Waals surface area contributed by atoms with Crippen molar-refractivity contribution >= 4 is 11.5 Å². The SMILES string of the molecule is C[C@@H](CCc1nc(NC2CCCC2)nc(C2=CC(O)CCC2)n1)C(F)(F)F. The lowest BCUT2D eigenvalue weighted by molar-refractivity contribution is -0.171. The molecular formula is C19H27F3N4O. The third kappa shape index (κ3) is 5.64. The van der Waals surface area contributed by atoms with E-state index in [2.05, 4.69) is 20.3 Å². The maximum Gasteiger partial charge on any atom is 0.391 e. The largest absolute Gasteiger partial charge is 0.391 e. The van der Waals surface area contributed by atoms with Crippen LogP contribution in [0, 0.1) is 5.92 Å². The summed E-state index contributed by atoms with van der Waals surface area (Å²) in [5.74, 6) is -0.126. The Hall–Kier alpha value is -1.70. The zero-order chi connectivity index (χ0) is 19.4. The molecule has 0 aromatic carbocycles. The molecule has 0 aliphatic heterocycles. The van der Waals surface area contributed by atoms with E-state index in [1.165, 1.54) is 6.92 Å². The fourth-order valence-corrected chi connectivity index (χ4v) is 3.59. The smallest absolute Gasteiger partial charge is 0.389 e. The van der Waals surface area contributed by atoms with Crippen molar-refractivity contribution in [1.82, 2.24) is 15.0 Å². The second-order valence-electron chi connectivity index (χ2n) is 7.66. The maximum atomic E-state index is 12.8. The number of aliphatic hydroxyl groups excluding tert-OH is 1. The van der Waals surface area contributed by atoms with Crippen molar-refractivity contribution in [3.63, 3.8) is 0 Å². The number of aliphatic hydroxyl groups is 1. The molecule has 150 valence electrons. The zero-order valence-electron chi connectivity index (χ0n) is 15.6. The van der Waals surface area contributed by atoms with Gasteiger partial charge >= 0.3 is 6.18 Å². The number of anilines is 1. The van der Waals surface area contributed by atoms with Crippen LogP contribution in [0.15, 0.2) is 6.08 Å². The molecule has 0 radical (unpaired) electrons. The van der Waals surface area contributed by atoms with Gasteiger partial charge in [-0.2, -0.15) is 23.1 Å². The molecule has 27 heavy (non-hydrogen) atoms. The first-order chi connectivity index (χ1) is 12.8. The lowest BCUT2D eigenvalue weighted by Gasteiger charge is -2.19. The van der Waals surface area contributed by atoms with Gasteiger partial charge in [-0.15, -0.1) is 0 Å². The first-order valence-corrected chi connectivity index (χ1v) is 9.78. The van der Waals surface area contributed by atoms with Crippen LogP contribution >= 0.6 is 0 Å². The summed E-state index contributed by atoms with van der Waals surface area (Å²) in [6.07, 6.45) is 3.80. The van der Waals surface area contributed by atoms with Crippen molar-refractivity contribution in [3.8, 4) is 0 Å². The predicted molar refractivity (Wildman–Crippen MR) is 97.1 cm³/mol. The molecule has 1 aromatic rings. The van der Waals surface area contributed by atoms with Crippen LogP contribution in [0.4, 0.5) is 19.1 Å². The minimum atomic E-state index is -4.21. The molecule has 1 aromatic heterocycles. The van der Waals surface area contributed by atoms with E-state index in [0.717, 1.165) is 44.1 Å². The van der Waals surface area contributed by atoms with Gasteiger partial charge in [-0.3, -0.25) is 0 Å². The number of nitrogens with one attached hydrogen (secondary N) is 1. The Balaban J connectivity index is 1.81. The fraction of sp³-hybridized carbons (Fsp3) is 0.737. The summed E-state index contributed by atoms with van der Waals surface area (Å²) in [6.45, 7) is 1.18. The Kier molecular flexibility index (Phi) is 6.34. The van der Waals surface area contributed by atoms with E-state index in [-0.39, 0.29) is 12.8 Å². The summed E-state index contributed by atoms with van der Waals surface area (Å²) >= 11 is 0. The predicted octanol–water partition coefficient (Wildman–Crippen LogP) is 4.29. The average molecular weight is 384 g/mol. The van der Waals surface area contributed by atoms with E-state index in [1.54, 1.807) is 6.08 Å². The van der Waals surface area contributed by atoms with Crippen LogP contribution < -0.4 is 5.32 Å². The summed E-state index contributed by atoms with van der Waals surface area (Å²) in [5, 5.41) is 13.2. The monoisotopic (exact) mass is 384 g/mol. The lowest BCUT2D eigenvalue weighted by Crippen LogP contribution is -2.22. The van der Waals surface area contributed by atoms with Crippen molar-refractivity contribution in [2.45, 2.75) is 83.0 Å². The fourth-order valence-electron chi connectivity index (χ4n) is 3.59. The number of aromatic nitrogens is 3. The van der Waals surface area contributed by atoms with Crippen molar-refractivity contribution in [2.75, 3.05) is 5.32 Å². The molecule has 2 atom stereocenters. The van der Waals surface area contributed by atoms with Crippen molar-refractivity contribution in [2.24, 2.45) is 5.92 Å². The molecule has 0 spiro atoms. The first kappa shape index (κ1) is 20.0. The molecular weight excluding hydrogens is 357 g/mol. The van der Waals surface area contributed by atoms with Crippen LogP contribution in [0.25, 0.3) is 5.57 Å². The Bertz CT molecular complexity index is 671. The van der Waals surface area contributed by atoms with Crippen LogP contribution in [0.3, 0.4) is 0 Å². The lowest BCUT2D eigenvalue weighted by atomic mass is 9.97. The Labute approximate surface area is 157 Å². The number of allylic oxidation sites excluding steroid dienone is 1. The van der Waals surface area contributed by atoms with Crippen LogP contribution in [0.5, 0.6) is 0 Å². The third-order valence-corrected chi connectivity index (χ3v) is 5.36. The topological polar surface area (TPSA) is 70.9 Å². The van der Waals surface area contributed by atoms with Gasteiger partial charge in [-0.1, -0.05) is 19.8 Å². The third-order valence-electron chi connectivity index (χ3n) is 5.36. The number of rotatable bonds is 6. The van der Waals surface area contributed by atoms with E-state index in [0.29, 0.717) is 30.1 Å². The van der Waals surface area contributed by atoms with Gasteiger partial charge in [0.15, 0.2) is 5.82 Å². The van der Waals surface area contributed by atoms with Crippen LogP contribution in [0.2, 0.25) is 0 Å². The molecule has 3 rings (SSSR count). The molecule has 1 fully saturated rings. The van der Waals surface area contributed by atoms with Crippen molar-refractivity contribution < 1.29 is 18.3 Å². The highest BCUT2D eigenvalue weighted by atomic mass is 19.4. The number of halogens is 3. The Morgan fingerprint density at radius 2 is 1.89 bits per heavy atom. The van der Waals surface area contributed by atoms with E-state index in [4.69, 9.17) is 0 Å². The van der Waals surface area contributed by atoms with Gasteiger partial charge in [0.2, 0.25) is 5.95 Å². The average Bonchev–Trinajstić information content (AvgIpc) is 3.11. The molecule has 1 heterocycles. The molecule has 5 nitrogen and oxygen atoms in total. The maximum absolute atomic E-state index is 12.8. The van der Waals surface area contributed by atoms with Gasteiger partial charge in [0.1, 0.15) is 5.82 Å². The highest BCUT2D eigenvalue weighted by molar-refractivity contribution is 5.61. The number of alkyl halides is 3. The zero-order valence-corrected chi connectivity index (χ0v) is 15.6. The summed E-state index contributed by atoms with van der Waals surface area (Å²) in [5.41, 5.74) is 0.843. The quantitative estimate of drug-likeness (QED) is 0.766. The molecule has 0 amide bonds. The van der Waals surface area contributed by atoms with E-state index >= 15 is 0 Å². The normalized spacial score (nSPS) is 22.6. The van der Waals surface area contributed by atoms with Gasteiger partial charge in [0.05, 0.1) is 12.0 Å². The second-order valence-corrected chi connectivity index (χ2v) is 7.66. The van der Waals surface area contributed by atoms with Crippen LogP contribution in [-0.4, -0.2) is 38.4 Å². The molecule has 8 heteroatoms. The molecule has 2 aliphatic rings. The summed E-state index contributed by atoms with van der Waals surface area (Å²) < 4.78 is 38.4. The van der Waals surface area contributed by atoms with E-state index < -0.39 is 18.2 Å².